The lowest BCUT2D eigenvalue weighted by atomic mass is 10.2. The molecule has 0 spiro atoms. The molecule has 20 heavy (non-hydrogen) atoms. The molecule has 6 heteroatoms. The van der Waals surface area contributed by atoms with Crippen molar-refractivity contribution in [2.45, 2.75) is 6.61 Å². The van der Waals surface area contributed by atoms with E-state index in [1.165, 1.54) is 12.3 Å². The summed E-state index contributed by atoms with van der Waals surface area (Å²) < 4.78 is 10.2. The molecule has 0 saturated carbocycles. The first-order chi connectivity index (χ1) is 9.60. The Kier molecular flexibility index (Phi) is 4.42. The van der Waals surface area contributed by atoms with E-state index in [1.807, 2.05) is 12.1 Å². The molecule has 0 fully saturated rings. The van der Waals surface area contributed by atoms with Crippen LogP contribution in [0.1, 0.15) is 15.9 Å². The monoisotopic (exact) mass is 292 g/mol. The number of nitrogen functional groups attached to an aromatic ring is 1. The number of nitrogens with zero attached hydrogens (tertiary/aromatic N) is 1. The van der Waals surface area contributed by atoms with E-state index < -0.39 is 5.97 Å². The van der Waals surface area contributed by atoms with Crippen molar-refractivity contribution in [3.05, 3.63) is 52.8 Å². The fourth-order valence-corrected chi connectivity index (χ4v) is 1.74. The highest BCUT2D eigenvalue weighted by Gasteiger charge is 2.13. The van der Waals surface area contributed by atoms with Crippen molar-refractivity contribution in [3.63, 3.8) is 0 Å². The van der Waals surface area contributed by atoms with Gasteiger partial charge in [-0.3, -0.25) is 0 Å². The molecule has 0 aliphatic heterocycles. The number of methoxy groups -OCH3 is 1. The van der Waals surface area contributed by atoms with Gasteiger partial charge in [-0.25, -0.2) is 9.78 Å². The second-order valence-electron chi connectivity index (χ2n) is 4.03. The maximum Gasteiger partial charge on any atom is 0.341 e. The Morgan fingerprint density at radius 1 is 1.35 bits per heavy atom. The Hall–Kier alpha value is -2.27. The normalized spacial score (nSPS) is 10.1. The zero-order chi connectivity index (χ0) is 14.5. The van der Waals surface area contributed by atoms with Crippen molar-refractivity contribution in [1.82, 2.24) is 4.98 Å². The number of anilines is 1. The Labute approximate surface area is 121 Å². The van der Waals surface area contributed by atoms with Crippen LogP contribution in [0.2, 0.25) is 5.15 Å². The number of esters is 1. The molecule has 1 heterocycles. The van der Waals surface area contributed by atoms with Crippen molar-refractivity contribution in [3.8, 4) is 5.75 Å². The highest BCUT2D eigenvalue weighted by atomic mass is 35.5. The zero-order valence-corrected chi connectivity index (χ0v) is 11.6. The Balaban J connectivity index is 2.02. The Bertz CT molecular complexity index is 614. The molecule has 0 unspecified atom stereocenters. The average Bonchev–Trinajstić information content (AvgIpc) is 2.47. The highest BCUT2D eigenvalue weighted by Crippen LogP contribution is 2.18. The van der Waals surface area contributed by atoms with Crippen LogP contribution in [0.4, 0.5) is 5.69 Å². The van der Waals surface area contributed by atoms with Crippen LogP contribution in [0.3, 0.4) is 0 Å². The van der Waals surface area contributed by atoms with Crippen LogP contribution in [-0.4, -0.2) is 18.1 Å². The van der Waals surface area contributed by atoms with Crippen molar-refractivity contribution in [2.75, 3.05) is 12.8 Å². The van der Waals surface area contributed by atoms with Crippen molar-refractivity contribution in [2.24, 2.45) is 0 Å². The molecule has 2 N–H and O–H groups in total. The van der Waals surface area contributed by atoms with E-state index in [0.717, 1.165) is 11.3 Å². The van der Waals surface area contributed by atoms with Gasteiger partial charge in [0.05, 0.1) is 24.6 Å². The van der Waals surface area contributed by atoms with Gasteiger partial charge in [0.15, 0.2) is 0 Å². The largest absolute Gasteiger partial charge is 0.497 e. The first-order valence-corrected chi connectivity index (χ1v) is 6.19. The summed E-state index contributed by atoms with van der Waals surface area (Å²) >= 11 is 5.83. The minimum absolute atomic E-state index is 0.0685. The first kappa shape index (κ1) is 14.1. The number of hydrogen-bond acceptors (Lipinski definition) is 5. The Morgan fingerprint density at radius 2 is 2.05 bits per heavy atom. The molecule has 0 aliphatic rings. The van der Waals surface area contributed by atoms with Gasteiger partial charge < -0.3 is 15.2 Å². The number of pyridine rings is 1. The molecule has 2 rings (SSSR count). The summed E-state index contributed by atoms with van der Waals surface area (Å²) in [7, 11) is 1.59. The van der Waals surface area contributed by atoms with Crippen molar-refractivity contribution < 1.29 is 14.3 Å². The van der Waals surface area contributed by atoms with E-state index in [-0.39, 0.29) is 17.3 Å². The van der Waals surface area contributed by atoms with Gasteiger partial charge >= 0.3 is 5.97 Å². The van der Waals surface area contributed by atoms with Crippen LogP contribution in [-0.2, 0) is 11.3 Å². The third kappa shape index (κ3) is 3.39. The van der Waals surface area contributed by atoms with Crippen molar-refractivity contribution >= 4 is 23.3 Å². The number of ether oxygens (including phenoxy) is 2. The fraction of sp³-hybridized carbons (Fsp3) is 0.143. The number of carbonyl (C=O) groups excluding carboxylic acids is 1. The van der Waals surface area contributed by atoms with Gasteiger partial charge in [-0.2, -0.15) is 0 Å². The molecule has 0 bridgehead atoms. The van der Waals surface area contributed by atoms with Crippen molar-refractivity contribution in [1.29, 1.82) is 0 Å². The maximum atomic E-state index is 11.9. The summed E-state index contributed by atoms with van der Waals surface area (Å²) in [6.45, 7) is 0.133. The summed E-state index contributed by atoms with van der Waals surface area (Å²) in [4.78, 5) is 15.7. The van der Waals surface area contributed by atoms with Crippen LogP contribution in [0.5, 0.6) is 5.75 Å². The molecular weight excluding hydrogens is 280 g/mol. The van der Waals surface area contributed by atoms with Gasteiger partial charge in [0, 0.05) is 0 Å². The number of benzene rings is 1. The van der Waals surface area contributed by atoms with Gasteiger partial charge in [0.25, 0.3) is 0 Å². The molecule has 2 aromatic rings. The molecule has 0 atom stereocenters. The lowest BCUT2D eigenvalue weighted by molar-refractivity contribution is 0.0472. The first-order valence-electron chi connectivity index (χ1n) is 5.81. The number of carbonyl (C=O) groups is 1. The molecule has 0 saturated heterocycles. The highest BCUT2D eigenvalue weighted by molar-refractivity contribution is 6.32. The van der Waals surface area contributed by atoms with E-state index in [9.17, 15) is 4.79 Å². The van der Waals surface area contributed by atoms with Crippen LogP contribution >= 0.6 is 11.6 Å². The standard InChI is InChI=1S/C14H13ClN2O3/c1-19-11-4-2-9(3-5-11)8-20-14(18)12-6-10(16)7-17-13(12)15/h2-7H,8,16H2,1H3. The molecule has 0 aliphatic carbocycles. The summed E-state index contributed by atoms with van der Waals surface area (Å²) in [5, 5.41) is 0.0685. The smallest absolute Gasteiger partial charge is 0.341 e. The van der Waals surface area contributed by atoms with Crippen LogP contribution in [0.25, 0.3) is 0 Å². The second kappa shape index (κ2) is 6.25. The van der Waals surface area contributed by atoms with Crippen LogP contribution in [0.15, 0.2) is 36.5 Å². The summed E-state index contributed by atoms with van der Waals surface area (Å²) in [5.41, 5.74) is 6.91. The molecular formula is C14H13ClN2O3. The zero-order valence-electron chi connectivity index (χ0n) is 10.8. The quantitative estimate of drug-likeness (QED) is 0.693. The number of halogens is 1. The minimum atomic E-state index is -0.564. The molecule has 1 aromatic carbocycles. The average molecular weight is 293 g/mol. The van der Waals surface area contributed by atoms with E-state index >= 15 is 0 Å². The van der Waals surface area contributed by atoms with E-state index in [4.69, 9.17) is 26.8 Å². The second-order valence-corrected chi connectivity index (χ2v) is 4.39. The third-order valence-corrected chi connectivity index (χ3v) is 2.91. The Morgan fingerprint density at radius 3 is 2.70 bits per heavy atom. The number of rotatable bonds is 4. The summed E-state index contributed by atoms with van der Waals surface area (Å²) in [6.07, 6.45) is 1.38. The number of nitrogens with two attached hydrogens (primary N) is 1. The lowest BCUT2D eigenvalue weighted by Gasteiger charge is -2.07. The third-order valence-electron chi connectivity index (χ3n) is 2.61. The van der Waals surface area contributed by atoms with Gasteiger partial charge in [0.1, 0.15) is 17.5 Å². The predicted molar refractivity (Wildman–Crippen MR) is 75.8 cm³/mol. The number of hydrogen-bond donors (Lipinski definition) is 1. The van der Waals surface area contributed by atoms with Gasteiger partial charge in [-0.15, -0.1) is 0 Å². The molecule has 0 amide bonds. The molecule has 0 radical (unpaired) electrons. The molecule has 5 nitrogen and oxygen atoms in total. The van der Waals surface area contributed by atoms with Gasteiger partial charge in [-0.05, 0) is 23.8 Å². The van der Waals surface area contributed by atoms with E-state index in [1.54, 1.807) is 19.2 Å². The summed E-state index contributed by atoms with van der Waals surface area (Å²) in [5.74, 6) is 0.175. The number of aromatic nitrogens is 1. The van der Waals surface area contributed by atoms with Crippen LogP contribution in [0, 0.1) is 0 Å². The predicted octanol–water partition coefficient (Wildman–Crippen LogP) is 2.68. The molecule has 104 valence electrons. The van der Waals surface area contributed by atoms with Gasteiger partial charge in [-0.1, -0.05) is 23.7 Å². The lowest BCUT2D eigenvalue weighted by Crippen LogP contribution is -2.07. The van der Waals surface area contributed by atoms with Gasteiger partial charge in [0.2, 0.25) is 0 Å². The minimum Gasteiger partial charge on any atom is -0.497 e. The fourth-order valence-electron chi connectivity index (χ4n) is 1.56. The topological polar surface area (TPSA) is 74.4 Å². The molecule has 1 aromatic heterocycles. The van der Waals surface area contributed by atoms with E-state index in [0.29, 0.717) is 5.69 Å². The van der Waals surface area contributed by atoms with E-state index in [2.05, 4.69) is 4.98 Å². The summed E-state index contributed by atoms with van der Waals surface area (Å²) in [6, 6.07) is 8.64. The van der Waals surface area contributed by atoms with Crippen LogP contribution < -0.4 is 10.5 Å². The maximum absolute atomic E-state index is 11.9. The SMILES string of the molecule is COc1ccc(COC(=O)c2cc(N)cnc2Cl)cc1.